The first-order chi connectivity index (χ1) is 14.6. The van der Waals surface area contributed by atoms with Gasteiger partial charge in [-0.1, -0.05) is 11.3 Å². The summed E-state index contributed by atoms with van der Waals surface area (Å²) in [5.41, 5.74) is 0.700. The lowest BCUT2D eigenvalue weighted by Gasteiger charge is -2.21. The topological polar surface area (TPSA) is 115 Å². The summed E-state index contributed by atoms with van der Waals surface area (Å²) in [6.45, 7) is 0.925. The minimum atomic E-state index is -3.35. The van der Waals surface area contributed by atoms with Crippen LogP contribution in [0.15, 0.2) is 29.2 Å². The molecule has 0 N–H and O–H groups in total. The SMILES string of the molecule is COc1cc(C(=O)N(CCN(C)C)c2nc3ccc(S(C)(=O)=O)cc3s2)nc(OC)n1. The number of benzene rings is 1. The van der Waals surface area contributed by atoms with Crippen molar-refractivity contribution in [1.29, 1.82) is 0 Å². The number of hydrogen-bond acceptors (Lipinski definition) is 10. The molecule has 0 aliphatic rings. The molecule has 3 rings (SSSR count). The predicted octanol–water partition coefficient (Wildman–Crippen LogP) is 1.72. The monoisotopic (exact) mass is 465 g/mol. The van der Waals surface area contributed by atoms with Crippen molar-refractivity contribution in [3.63, 3.8) is 0 Å². The van der Waals surface area contributed by atoms with Crippen LogP contribution in [0.3, 0.4) is 0 Å². The summed E-state index contributed by atoms with van der Waals surface area (Å²) in [5, 5.41) is 0.434. The van der Waals surface area contributed by atoms with E-state index in [4.69, 9.17) is 9.47 Å². The number of sulfone groups is 1. The number of fused-ring (bicyclic) bond motifs is 1. The fourth-order valence-corrected chi connectivity index (χ4v) is 4.42. The third-order valence-electron chi connectivity index (χ3n) is 4.32. The van der Waals surface area contributed by atoms with Crippen molar-refractivity contribution in [3.8, 4) is 11.9 Å². The molecule has 0 saturated carbocycles. The number of amides is 1. The third-order valence-corrected chi connectivity index (χ3v) is 6.47. The van der Waals surface area contributed by atoms with Gasteiger partial charge in [-0.3, -0.25) is 9.69 Å². The summed E-state index contributed by atoms with van der Waals surface area (Å²) in [6, 6.07) is 6.15. The Bertz CT molecular complexity index is 1190. The number of rotatable bonds is 8. The molecule has 2 aromatic heterocycles. The number of likely N-dealkylation sites (N-methyl/N-ethyl adjacent to an activating group) is 1. The molecule has 166 valence electrons. The third kappa shape index (κ3) is 5.27. The Morgan fingerprint density at radius 1 is 1.06 bits per heavy atom. The van der Waals surface area contributed by atoms with Crippen LogP contribution in [-0.4, -0.2) is 81.8 Å². The molecule has 0 atom stereocenters. The van der Waals surface area contributed by atoms with E-state index < -0.39 is 15.7 Å². The van der Waals surface area contributed by atoms with Crippen molar-refractivity contribution < 1.29 is 22.7 Å². The van der Waals surface area contributed by atoms with E-state index in [9.17, 15) is 13.2 Å². The average Bonchev–Trinajstić information content (AvgIpc) is 3.15. The molecule has 0 fully saturated rings. The maximum Gasteiger partial charge on any atom is 0.320 e. The Hall–Kier alpha value is -2.83. The number of carbonyl (C=O) groups is 1. The van der Waals surface area contributed by atoms with Gasteiger partial charge in [0.1, 0.15) is 5.69 Å². The molecule has 12 heteroatoms. The Morgan fingerprint density at radius 2 is 1.81 bits per heavy atom. The second-order valence-corrected chi connectivity index (χ2v) is 9.97. The molecule has 0 radical (unpaired) electrons. The van der Waals surface area contributed by atoms with Gasteiger partial charge >= 0.3 is 6.01 Å². The number of anilines is 1. The summed E-state index contributed by atoms with van der Waals surface area (Å²) in [7, 11) is 3.28. The molecule has 1 aromatic carbocycles. The van der Waals surface area contributed by atoms with Crippen molar-refractivity contribution in [3.05, 3.63) is 30.0 Å². The first kappa shape index (κ1) is 22.8. The van der Waals surface area contributed by atoms with Gasteiger partial charge in [0, 0.05) is 25.4 Å². The van der Waals surface area contributed by atoms with E-state index in [0.29, 0.717) is 28.4 Å². The second-order valence-electron chi connectivity index (χ2n) is 6.94. The molecule has 0 aliphatic heterocycles. The highest BCUT2D eigenvalue weighted by Crippen LogP contribution is 2.31. The van der Waals surface area contributed by atoms with Crippen molar-refractivity contribution in [2.45, 2.75) is 4.90 Å². The quantitative estimate of drug-likeness (QED) is 0.490. The van der Waals surface area contributed by atoms with Crippen LogP contribution in [0.5, 0.6) is 11.9 Å². The van der Waals surface area contributed by atoms with Crippen molar-refractivity contribution >= 4 is 42.4 Å². The Morgan fingerprint density at radius 3 is 2.42 bits per heavy atom. The number of methoxy groups -OCH3 is 2. The molecule has 3 aromatic rings. The number of aromatic nitrogens is 3. The van der Waals surface area contributed by atoms with Gasteiger partial charge in [0.25, 0.3) is 5.91 Å². The second kappa shape index (κ2) is 9.12. The fraction of sp³-hybridized carbons (Fsp3) is 0.368. The summed E-state index contributed by atoms with van der Waals surface area (Å²) < 4.78 is 34.7. The normalized spacial score (nSPS) is 11.7. The van der Waals surface area contributed by atoms with E-state index in [1.54, 1.807) is 12.1 Å². The fourth-order valence-electron chi connectivity index (χ4n) is 2.67. The van der Waals surface area contributed by atoms with E-state index in [2.05, 4.69) is 15.0 Å². The van der Waals surface area contributed by atoms with Gasteiger partial charge in [-0.15, -0.1) is 0 Å². The summed E-state index contributed by atoms with van der Waals surface area (Å²) in [5.74, 6) is -0.201. The van der Waals surface area contributed by atoms with E-state index in [-0.39, 0.29) is 22.5 Å². The van der Waals surface area contributed by atoms with Gasteiger partial charge < -0.3 is 14.4 Å². The first-order valence-electron chi connectivity index (χ1n) is 9.16. The van der Waals surface area contributed by atoms with E-state index in [1.807, 2.05) is 19.0 Å². The van der Waals surface area contributed by atoms with Crippen LogP contribution in [0.4, 0.5) is 5.13 Å². The smallest absolute Gasteiger partial charge is 0.320 e. The zero-order valence-corrected chi connectivity index (χ0v) is 19.5. The maximum atomic E-state index is 13.4. The van der Waals surface area contributed by atoms with E-state index in [1.165, 1.54) is 42.6 Å². The molecule has 1 amide bonds. The number of hydrogen-bond donors (Lipinski definition) is 0. The largest absolute Gasteiger partial charge is 0.481 e. The van der Waals surface area contributed by atoms with Gasteiger partial charge in [-0.2, -0.15) is 9.97 Å². The van der Waals surface area contributed by atoms with E-state index >= 15 is 0 Å². The zero-order chi connectivity index (χ0) is 22.8. The lowest BCUT2D eigenvalue weighted by Crippen LogP contribution is -2.37. The molecule has 0 bridgehead atoms. The van der Waals surface area contributed by atoms with Crippen LogP contribution < -0.4 is 14.4 Å². The highest BCUT2D eigenvalue weighted by molar-refractivity contribution is 7.90. The zero-order valence-electron chi connectivity index (χ0n) is 17.8. The highest BCUT2D eigenvalue weighted by atomic mass is 32.2. The minimum absolute atomic E-state index is 0.0114. The van der Waals surface area contributed by atoms with Gasteiger partial charge in [-0.05, 0) is 32.3 Å². The molecule has 0 saturated heterocycles. The summed E-state index contributed by atoms with van der Waals surface area (Å²) in [6.07, 6.45) is 1.15. The maximum absolute atomic E-state index is 13.4. The summed E-state index contributed by atoms with van der Waals surface area (Å²) in [4.78, 5) is 29.7. The first-order valence-corrected chi connectivity index (χ1v) is 11.9. The van der Waals surface area contributed by atoms with Crippen LogP contribution in [-0.2, 0) is 9.84 Å². The number of nitrogens with zero attached hydrogens (tertiary/aromatic N) is 5. The Kier molecular flexibility index (Phi) is 6.72. The van der Waals surface area contributed by atoms with Crippen molar-refractivity contribution in [2.24, 2.45) is 0 Å². The number of thiazole rings is 1. The molecule has 31 heavy (non-hydrogen) atoms. The molecule has 0 aliphatic carbocycles. The lowest BCUT2D eigenvalue weighted by molar-refractivity contribution is 0.0978. The number of carbonyl (C=O) groups excluding carboxylic acids is 1. The van der Waals surface area contributed by atoms with Crippen LogP contribution >= 0.6 is 11.3 Å². The van der Waals surface area contributed by atoms with Gasteiger partial charge in [-0.25, -0.2) is 13.4 Å². The van der Waals surface area contributed by atoms with Gasteiger partial charge in [0.2, 0.25) is 5.88 Å². The van der Waals surface area contributed by atoms with Gasteiger partial charge in [0.05, 0.1) is 29.3 Å². The minimum Gasteiger partial charge on any atom is -0.481 e. The predicted molar refractivity (Wildman–Crippen MR) is 118 cm³/mol. The van der Waals surface area contributed by atoms with Crippen molar-refractivity contribution in [2.75, 3.05) is 52.6 Å². The Balaban J connectivity index is 2.06. The molecule has 0 unspecified atom stereocenters. The van der Waals surface area contributed by atoms with Crippen LogP contribution in [0.2, 0.25) is 0 Å². The molecule has 2 heterocycles. The standard InChI is InChI=1S/C19H23N5O5S2/c1-23(2)8-9-24(17(25)14-11-16(28-3)22-18(20-14)29-4)19-21-13-7-6-12(31(5,26)27)10-15(13)30-19/h6-7,10-11H,8-9H2,1-5H3. The van der Waals surface area contributed by atoms with Crippen LogP contribution in [0, 0.1) is 0 Å². The van der Waals surface area contributed by atoms with Crippen LogP contribution in [0.25, 0.3) is 10.2 Å². The van der Waals surface area contributed by atoms with Crippen LogP contribution in [0.1, 0.15) is 10.5 Å². The van der Waals surface area contributed by atoms with E-state index in [0.717, 1.165) is 6.26 Å². The highest BCUT2D eigenvalue weighted by Gasteiger charge is 2.24. The molecule has 0 spiro atoms. The Labute approximate surface area is 184 Å². The average molecular weight is 466 g/mol. The lowest BCUT2D eigenvalue weighted by atomic mass is 10.3. The molecule has 10 nitrogen and oxygen atoms in total. The summed E-state index contributed by atoms with van der Waals surface area (Å²) >= 11 is 1.24. The molecular weight excluding hydrogens is 442 g/mol. The molecular formula is C19H23N5O5S2. The van der Waals surface area contributed by atoms with Gasteiger partial charge in [0.15, 0.2) is 15.0 Å². The number of ether oxygens (including phenoxy) is 2. The van der Waals surface area contributed by atoms with Crippen molar-refractivity contribution in [1.82, 2.24) is 19.9 Å².